The predicted octanol–water partition coefficient (Wildman–Crippen LogP) is 2.01. The zero-order valence-electron chi connectivity index (χ0n) is 8.15. The highest BCUT2D eigenvalue weighted by Crippen LogP contribution is 2.39. The van der Waals surface area contributed by atoms with Gasteiger partial charge in [0.15, 0.2) is 5.75 Å². The first-order valence-electron chi connectivity index (χ1n) is 4.65. The van der Waals surface area contributed by atoms with E-state index in [0.717, 1.165) is 4.47 Å². The first-order valence-corrected chi connectivity index (χ1v) is 6.24. The van der Waals surface area contributed by atoms with Gasteiger partial charge < -0.3 is 15.1 Å². The Morgan fingerprint density at radius 1 is 1.38 bits per heavy atom. The lowest BCUT2D eigenvalue weighted by Gasteiger charge is -2.18. The molecule has 0 aromatic heterocycles. The molecule has 1 heterocycles. The lowest BCUT2D eigenvalue weighted by atomic mass is 10.2. The fourth-order valence-corrected chi connectivity index (χ4v) is 2.88. The molecule has 0 radical (unpaired) electrons. The van der Waals surface area contributed by atoms with E-state index in [1.807, 2.05) is 0 Å². The number of β-amino-alcohol motifs (C(OH)–C–C–N with tert-alkyl or cyclic N) is 1. The Balaban J connectivity index is 2.44. The molecule has 1 aromatic rings. The van der Waals surface area contributed by atoms with Gasteiger partial charge in [-0.2, -0.15) is 0 Å². The quantitative estimate of drug-likeness (QED) is 0.814. The largest absolute Gasteiger partial charge is 0.505 e. The predicted molar refractivity (Wildman–Crippen MR) is 66.5 cm³/mol. The third-order valence-corrected chi connectivity index (χ3v) is 3.47. The molecule has 0 spiro atoms. The first kappa shape index (κ1) is 11.9. The average molecular weight is 351 g/mol. The lowest BCUT2D eigenvalue weighted by molar-refractivity contribution is -0.117. The zero-order valence-corrected chi connectivity index (χ0v) is 11.3. The van der Waals surface area contributed by atoms with E-state index in [4.69, 9.17) is 0 Å². The molecule has 1 amide bonds. The van der Waals surface area contributed by atoms with Crippen LogP contribution in [0.2, 0.25) is 0 Å². The molecular formula is C10H9Br2NO3. The first-order chi connectivity index (χ1) is 7.49. The monoisotopic (exact) mass is 349 g/mol. The van der Waals surface area contributed by atoms with Gasteiger partial charge in [-0.25, -0.2) is 0 Å². The van der Waals surface area contributed by atoms with Crippen molar-refractivity contribution in [2.75, 3.05) is 11.4 Å². The van der Waals surface area contributed by atoms with Crippen molar-refractivity contribution in [3.63, 3.8) is 0 Å². The molecule has 16 heavy (non-hydrogen) atoms. The lowest BCUT2D eigenvalue weighted by Crippen LogP contribution is -2.25. The number of aromatic hydroxyl groups is 1. The van der Waals surface area contributed by atoms with Crippen molar-refractivity contribution in [1.29, 1.82) is 0 Å². The highest BCUT2D eigenvalue weighted by Gasteiger charge is 2.31. The number of halogens is 2. The number of phenolic OH excluding ortho intramolecular Hbond substituents is 1. The van der Waals surface area contributed by atoms with Crippen LogP contribution in [0.5, 0.6) is 5.75 Å². The smallest absolute Gasteiger partial charge is 0.229 e. The van der Waals surface area contributed by atoms with Gasteiger partial charge in [0.1, 0.15) is 0 Å². The highest BCUT2D eigenvalue weighted by molar-refractivity contribution is 9.11. The van der Waals surface area contributed by atoms with Crippen LogP contribution < -0.4 is 4.90 Å². The van der Waals surface area contributed by atoms with E-state index in [1.165, 1.54) is 4.90 Å². The second-order valence-corrected chi connectivity index (χ2v) is 5.39. The summed E-state index contributed by atoms with van der Waals surface area (Å²) < 4.78 is 1.26. The van der Waals surface area contributed by atoms with Gasteiger partial charge >= 0.3 is 0 Å². The van der Waals surface area contributed by atoms with Crippen molar-refractivity contribution in [1.82, 2.24) is 0 Å². The van der Waals surface area contributed by atoms with E-state index < -0.39 is 6.10 Å². The summed E-state index contributed by atoms with van der Waals surface area (Å²) in [5.41, 5.74) is 0.405. The van der Waals surface area contributed by atoms with Gasteiger partial charge in [0.05, 0.1) is 29.2 Å². The van der Waals surface area contributed by atoms with Crippen LogP contribution in [-0.2, 0) is 4.79 Å². The topological polar surface area (TPSA) is 60.8 Å². The van der Waals surface area contributed by atoms with Crippen LogP contribution in [0.1, 0.15) is 6.42 Å². The van der Waals surface area contributed by atoms with Crippen LogP contribution in [0, 0.1) is 0 Å². The maximum atomic E-state index is 11.6. The summed E-state index contributed by atoms with van der Waals surface area (Å²) in [5.74, 6) is -0.182. The number of amides is 1. The number of carbonyl (C=O) groups excluding carboxylic acids is 1. The number of phenols is 1. The molecule has 1 aliphatic heterocycles. The Morgan fingerprint density at radius 2 is 2.06 bits per heavy atom. The molecule has 0 saturated carbocycles. The van der Waals surface area contributed by atoms with Crippen molar-refractivity contribution >= 4 is 43.5 Å². The summed E-state index contributed by atoms with van der Waals surface area (Å²) in [6.45, 7) is 0.218. The normalized spacial score (nSPS) is 20.6. The van der Waals surface area contributed by atoms with Crippen molar-refractivity contribution in [2.45, 2.75) is 12.5 Å². The summed E-state index contributed by atoms with van der Waals surface area (Å²) in [4.78, 5) is 13.0. The van der Waals surface area contributed by atoms with Crippen molar-refractivity contribution < 1.29 is 15.0 Å². The molecule has 4 nitrogen and oxygen atoms in total. The number of anilines is 1. The van der Waals surface area contributed by atoms with Gasteiger partial charge in [-0.3, -0.25) is 4.79 Å². The molecule has 6 heteroatoms. The molecular weight excluding hydrogens is 342 g/mol. The number of hydrogen-bond donors (Lipinski definition) is 2. The third kappa shape index (κ3) is 2.09. The van der Waals surface area contributed by atoms with Crippen LogP contribution in [0.15, 0.2) is 21.1 Å². The van der Waals surface area contributed by atoms with Crippen molar-refractivity contribution in [3.05, 3.63) is 21.1 Å². The second-order valence-electron chi connectivity index (χ2n) is 3.62. The molecule has 1 saturated heterocycles. The Morgan fingerprint density at radius 3 is 2.62 bits per heavy atom. The summed E-state index contributed by atoms with van der Waals surface area (Å²) >= 11 is 6.49. The van der Waals surface area contributed by atoms with E-state index in [0.29, 0.717) is 10.2 Å². The van der Waals surface area contributed by atoms with E-state index in [9.17, 15) is 15.0 Å². The number of nitrogens with zero attached hydrogens (tertiary/aromatic N) is 1. The van der Waals surface area contributed by atoms with Gasteiger partial charge in [-0.15, -0.1) is 0 Å². The van der Waals surface area contributed by atoms with E-state index in [-0.39, 0.29) is 24.6 Å². The maximum Gasteiger partial charge on any atom is 0.229 e. The van der Waals surface area contributed by atoms with E-state index in [1.54, 1.807) is 12.1 Å². The number of aliphatic hydroxyl groups excluding tert-OH is 1. The van der Waals surface area contributed by atoms with Crippen LogP contribution in [0.3, 0.4) is 0 Å². The second kappa shape index (κ2) is 4.35. The van der Waals surface area contributed by atoms with E-state index >= 15 is 0 Å². The summed E-state index contributed by atoms with van der Waals surface area (Å²) in [7, 11) is 0. The van der Waals surface area contributed by atoms with E-state index in [2.05, 4.69) is 31.9 Å². The Labute approximate surface area is 109 Å². The summed E-state index contributed by atoms with van der Waals surface area (Å²) in [5, 5.41) is 19.2. The Bertz CT molecular complexity index is 450. The molecule has 1 aromatic carbocycles. The third-order valence-electron chi connectivity index (χ3n) is 2.40. The number of hydrogen-bond acceptors (Lipinski definition) is 3. The Kier molecular flexibility index (Phi) is 3.23. The minimum atomic E-state index is -0.662. The fourth-order valence-electron chi connectivity index (χ4n) is 1.68. The van der Waals surface area contributed by atoms with Gasteiger partial charge in [0.2, 0.25) is 5.91 Å². The molecule has 0 bridgehead atoms. The number of rotatable bonds is 1. The van der Waals surface area contributed by atoms with Crippen LogP contribution in [0.4, 0.5) is 5.69 Å². The standard InChI is InChI=1S/C10H9Br2NO3/c11-5-1-7(12)10(16)8(2-5)13-4-6(14)3-9(13)15/h1-2,6,14,16H,3-4H2. The number of carbonyl (C=O) groups is 1. The zero-order chi connectivity index (χ0) is 11.9. The van der Waals surface area contributed by atoms with Crippen LogP contribution >= 0.6 is 31.9 Å². The molecule has 1 aliphatic rings. The molecule has 1 atom stereocenters. The Hall–Kier alpha value is -0.590. The summed E-state index contributed by atoms with van der Waals surface area (Å²) in [6.07, 6.45) is -0.562. The highest BCUT2D eigenvalue weighted by atomic mass is 79.9. The minimum Gasteiger partial charge on any atom is -0.505 e. The summed E-state index contributed by atoms with van der Waals surface area (Å²) in [6, 6.07) is 3.34. The fraction of sp³-hybridized carbons (Fsp3) is 0.300. The molecule has 1 unspecified atom stereocenters. The molecule has 2 N–H and O–H groups in total. The van der Waals surface area contributed by atoms with Gasteiger partial charge in [-0.05, 0) is 28.1 Å². The minimum absolute atomic E-state index is 0.00523. The van der Waals surface area contributed by atoms with Crippen LogP contribution in [-0.4, -0.2) is 28.8 Å². The molecule has 1 fully saturated rings. The maximum absolute atomic E-state index is 11.6. The van der Waals surface area contributed by atoms with Crippen molar-refractivity contribution in [3.8, 4) is 5.75 Å². The molecule has 2 rings (SSSR count). The molecule has 86 valence electrons. The van der Waals surface area contributed by atoms with Gasteiger partial charge in [-0.1, -0.05) is 15.9 Å². The van der Waals surface area contributed by atoms with Gasteiger partial charge in [0, 0.05) is 4.47 Å². The average Bonchev–Trinajstić information content (AvgIpc) is 2.51. The SMILES string of the molecule is O=C1CC(O)CN1c1cc(Br)cc(Br)c1O. The number of aliphatic hydroxyl groups is 1. The van der Waals surface area contributed by atoms with Gasteiger partial charge in [0.25, 0.3) is 0 Å². The van der Waals surface area contributed by atoms with Crippen LogP contribution in [0.25, 0.3) is 0 Å². The van der Waals surface area contributed by atoms with Crippen molar-refractivity contribution in [2.24, 2.45) is 0 Å². The molecule has 0 aliphatic carbocycles. The number of benzene rings is 1.